The summed E-state index contributed by atoms with van der Waals surface area (Å²) in [6.45, 7) is 2.30. The predicted molar refractivity (Wildman–Crippen MR) is 106 cm³/mol. The van der Waals surface area contributed by atoms with Gasteiger partial charge in [0.15, 0.2) is 0 Å². The Morgan fingerprint density at radius 1 is 0.852 bits per heavy atom. The Balaban J connectivity index is 1.84. The van der Waals surface area contributed by atoms with Gasteiger partial charge in [0.2, 0.25) is 5.91 Å². The average molecular weight is 357 g/mol. The molecule has 3 unspecified atom stereocenters. The van der Waals surface area contributed by atoms with Crippen LogP contribution in [0.4, 0.5) is 0 Å². The van der Waals surface area contributed by atoms with Gasteiger partial charge < -0.3 is 10.0 Å². The molecule has 27 heavy (non-hydrogen) atoms. The van der Waals surface area contributed by atoms with E-state index in [-0.39, 0.29) is 5.91 Å². The summed E-state index contributed by atoms with van der Waals surface area (Å²) in [4.78, 5) is 15.1. The summed E-state index contributed by atoms with van der Waals surface area (Å²) < 4.78 is 0. The summed E-state index contributed by atoms with van der Waals surface area (Å²) in [5.74, 6) is -0.562. The molecule has 3 nitrogen and oxygen atoms in total. The van der Waals surface area contributed by atoms with E-state index in [2.05, 4.69) is 0 Å². The molecule has 4 rings (SSSR count). The van der Waals surface area contributed by atoms with Gasteiger partial charge in [-0.3, -0.25) is 4.79 Å². The Morgan fingerprint density at radius 2 is 1.37 bits per heavy atom. The van der Waals surface area contributed by atoms with Gasteiger partial charge in [0.05, 0.1) is 12.0 Å². The molecule has 3 heteroatoms. The van der Waals surface area contributed by atoms with Crippen molar-refractivity contribution >= 4 is 5.91 Å². The fraction of sp³-hybridized carbons (Fsp3) is 0.208. The Hall–Kier alpha value is -2.91. The highest BCUT2D eigenvalue weighted by molar-refractivity contribution is 5.84. The first-order valence-electron chi connectivity index (χ1n) is 9.29. The topological polar surface area (TPSA) is 40.5 Å². The summed E-state index contributed by atoms with van der Waals surface area (Å²) in [6, 6.07) is 28.9. The zero-order chi connectivity index (χ0) is 18.9. The molecule has 1 aliphatic heterocycles. The SMILES string of the molecule is CC1C(=O)N(Cc2ccccc2)C(c2ccccc2)C1(O)c1ccccc1. The van der Waals surface area contributed by atoms with E-state index in [4.69, 9.17) is 0 Å². The number of hydrogen-bond acceptors (Lipinski definition) is 2. The van der Waals surface area contributed by atoms with Crippen molar-refractivity contribution in [3.05, 3.63) is 108 Å². The molecule has 0 radical (unpaired) electrons. The molecule has 0 aromatic heterocycles. The summed E-state index contributed by atoms with van der Waals surface area (Å²) in [7, 11) is 0. The van der Waals surface area contributed by atoms with E-state index in [0.717, 1.165) is 16.7 Å². The van der Waals surface area contributed by atoms with Crippen LogP contribution in [0.2, 0.25) is 0 Å². The third kappa shape index (κ3) is 2.94. The number of likely N-dealkylation sites (tertiary alicyclic amines) is 1. The predicted octanol–water partition coefficient (Wildman–Crippen LogP) is 4.29. The van der Waals surface area contributed by atoms with Gasteiger partial charge in [0, 0.05) is 6.54 Å². The van der Waals surface area contributed by atoms with E-state index >= 15 is 0 Å². The smallest absolute Gasteiger partial charge is 0.229 e. The Labute approximate surface area is 159 Å². The molecule has 1 N–H and O–H groups in total. The first-order valence-corrected chi connectivity index (χ1v) is 9.29. The van der Waals surface area contributed by atoms with Crippen LogP contribution >= 0.6 is 0 Å². The number of benzene rings is 3. The van der Waals surface area contributed by atoms with Crippen molar-refractivity contribution in [2.75, 3.05) is 0 Å². The van der Waals surface area contributed by atoms with E-state index in [1.54, 1.807) is 0 Å². The lowest BCUT2D eigenvalue weighted by molar-refractivity contribution is -0.132. The van der Waals surface area contributed by atoms with Crippen LogP contribution in [-0.2, 0) is 16.9 Å². The minimum Gasteiger partial charge on any atom is -0.382 e. The second-order valence-corrected chi connectivity index (χ2v) is 7.18. The van der Waals surface area contributed by atoms with Gasteiger partial charge in [-0.2, -0.15) is 0 Å². The van der Waals surface area contributed by atoms with E-state index in [0.29, 0.717) is 6.54 Å². The van der Waals surface area contributed by atoms with Crippen molar-refractivity contribution in [2.45, 2.75) is 25.1 Å². The van der Waals surface area contributed by atoms with Crippen molar-refractivity contribution < 1.29 is 9.90 Å². The summed E-state index contributed by atoms with van der Waals surface area (Å²) >= 11 is 0. The number of aliphatic hydroxyl groups is 1. The molecule has 3 aromatic carbocycles. The second-order valence-electron chi connectivity index (χ2n) is 7.18. The Bertz CT molecular complexity index is 911. The monoisotopic (exact) mass is 357 g/mol. The maximum Gasteiger partial charge on any atom is 0.229 e. The van der Waals surface area contributed by atoms with Crippen molar-refractivity contribution in [3.8, 4) is 0 Å². The lowest BCUT2D eigenvalue weighted by atomic mass is 9.77. The third-order valence-corrected chi connectivity index (χ3v) is 5.59. The first-order chi connectivity index (χ1) is 13.1. The van der Waals surface area contributed by atoms with E-state index in [9.17, 15) is 9.90 Å². The van der Waals surface area contributed by atoms with Crippen molar-refractivity contribution in [1.29, 1.82) is 0 Å². The molecule has 3 atom stereocenters. The van der Waals surface area contributed by atoms with Gasteiger partial charge in [0.25, 0.3) is 0 Å². The highest BCUT2D eigenvalue weighted by Gasteiger charge is 2.57. The molecule has 1 saturated heterocycles. The molecule has 136 valence electrons. The molecule has 1 heterocycles. The highest BCUT2D eigenvalue weighted by atomic mass is 16.3. The minimum absolute atomic E-state index is 0.0286. The molecule has 1 aliphatic rings. The first kappa shape index (κ1) is 17.5. The molecule has 0 spiro atoms. The molecule has 0 aliphatic carbocycles. The molecule has 1 fully saturated rings. The van der Waals surface area contributed by atoms with E-state index < -0.39 is 17.6 Å². The number of rotatable bonds is 4. The van der Waals surface area contributed by atoms with Crippen molar-refractivity contribution in [3.63, 3.8) is 0 Å². The molecular formula is C24H23NO2. The second kappa shape index (κ2) is 7.01. The minimum atomic E-state index is -1.28. The maximum absolute atomic E-state index is 13.2. The van der Waals surface area contributed by atoms with Gasteiger partial charge in [0.1, 0.15) is 5.60 Å². The van der Waals surface area contributed by atoms with Crippen LogP contribution in [0.15, 0.2) is 91.0 Å². The zero-order valence-corrected chi connectivity index (χ0v) is 15.3. The van der Waals surface area contributed by atoms with E-state index in [1.165, 1.54) is 0 Å². The summed E-state index contributed by atoms with van der Waals surface area (Å²) in [6.07, 6.45) is 0. The summed E-state index contributed by atoms with van der Waals surface area (Å²) in [5.41, 5.74) is 1.48. The zero-order valence-electron chi connectivity index (χ0n) is 15.3. The highest BCUT2D eigenvalue weighted by Crippen LogP contribution is 2.51. The van der Waals surface area contributed by atoms with Crippen molar-refractivity contribution in [1.82, 2.24) is 4.90 Å². The van der Waals surface area contributed by atoms with E-state index in [1.807, 2.05) is 103 Å². The van der Waals surface area contributed by atoms with Crippen molar-refractivity contribution in [2.24, 2.45) is 5.92 Å². The van der Waals surface area contributed by atoms with Gasteiger partial charge >= 0.3 is 0 Å². The molecule has 1 amide bonds. The van der Waals surface area contributed by atoms with Gasteiger partial charge in [-0.15, -0.1) is 0 Å². The van der Waals surface area contributed by atoms with Crippen LogP contribution in [0.3, 0.4) is 0 Å². The largest absolute Gasteiger partial charge is 0.382 e. The molecule has 0 bridgehead atoms. The standard InChI is InChI=1S/C24H23NO2/c1-18-23(26)25(17-19-11-5-2-6-12-19)22(20-13-7-3-8-14-20)24(18,27)21-15-9-4-10-16-21/h2-16,18,22,27H,17H2,1H3. The molecule has 3 aromatic rings. The number of nitrogens with zero attached hydrogens (tertiary/aromatic N) is 1. The molecular weight excluding hydrogens is 334 g/mol. The van der Waals surface area contributed by atoms with Gasteiger partial charge in [-0.05, 0) is 16.7 Å². The average Bonchev–Trinajstić information content (AvgIpc) is 2.92. The number of amides is 1. The fourth-order valence-corrected chi connectivity index (χ4v) is 4.17. The Kier molecular flexibility index (Phi) is 4.54. The lowest BCUT2D eigenvalue weighted by Crippen LogP contribution is -2.37. The fourth-order valence-electron chi connectivity index (χ4n) is 4.17. The van der Waals surface area contributed by atoms with Crippen LogP contribution in [0.5, 0.6) is 0 Å². The van der Waals surface area contributed by atoms with Gasteiger partial charge in [-0.25, -0.2) is 0 Å². The number of hydrogen-bond donors (Lipinski definition) is 1. The van der Waals surface area contributed by atoms with Crippen LogP contribution in [0, 0.1) is 5.92 Å². The van der Waals surface area contributed by atoms with Gasteiger partial charge in [-0.1, -0.05) is 97.9 Å². The van der Waals surface area contributed by atoms with Crippen LogP contribution in [-0.4, -0.2) is 15.9 Å². The quantitative estimate of drug-likeness (QED) is 0.756. The van der Waals surface area contributed by atoms with Crippen LogP contribution in [0.25, 0.3) is 0 Å². The number of carbonyl (C=O) groups is 1. The third-order valence-electron chi connectivity index (χ3n) is 5.59. The summed E-state index contributed by atoms with van der Waals surface area (Å²) in [5, 5.41) is 11.9. The normalized spacial score (nSPS) is 25.0. The van der Waals surface area contributed by atoms with Crippen LogP contribution < -0.4 is 0 Å². The maximum atomic E-state index is 13.2. The number of carbonyl (C=O) groups excluding carboxylic acids is 1. The molecule has 0 saturated carbocycles. The lowest BCUT2D eigenvalue weighted by Gasteiger charge is -2.36. The Morgan fingerprint density at radius 3 is 1.96 bits per heavy atom. The van der Waals surface area contributed by atoms with Crippen LogP contribution in [0.1, 0.15) is 29.7 Å².